The molecule has 0 fully saturated rings. The number of carbonyl (C=O) groups excluding carboxylic acids is 2. The number of hydrogen-bond donors (Lipinski definition) is 0. The zero-order chi connectivity index (χ0) is 42.1. The zero-order valence-electron chi connectivity index (χ0n) is 38.6. The van der Waals surface area contributed by atoms with Crippen LogP contribution in [0.4, 0.5) is 0 Å². The summed E-state index contributed by atoms with van der Waals surface area (Å²) < 4.78 is 17.3. The molecule has 5 nitrogen and oxygen atoms in total. The van der Waals surface area contributed by atoms with Crippen molar-refractivity contribution in [2.24, 2.45) is 0 Å². The molecule has 0 saturated heterocycles. The van der Waals surface area contributed by atoms with Crippen molar-refractivity contribution >= 4 is 11.9 Å². The Morgan fingerprint density at radius 3 is 1.24 bits per heavy atom. The Morgan fingerprint density at radius 2 is 0.776 bits per heavy atom. The third-order valence-corrected chi connectivity index (χ3v) is 10.6. The summed E-state index contributed by atoms with van der Waals surface area (Å²) in [6.45, 7) is 7.69. The highest BCUT2D eigenvalue weighted by molar-refractivity contribution is 5.70. The van der Waals surface area contributed by atoms with Crippen LogP contribution in [0.25, 0.3) is 0 Å². The van der Waals surface area contributed by atoms with Crippen LogP contribution in [0.2, 0.25) is 0 Å². The lowest BCUT2D eigenvalue weighted by molar-refractivity contribution is -0.163. The van der Waals surface area contributed by atoms with E-state index in [0.29, 0.717) is 19.4 Å². The Kier molecular flexibility index (Phi) is 46.9. The third-order valence-electron chi connectivity index (χ3n) is 10.6. The van der Waals surface area contributed by atoms with Gasteiger partial charge in [-0.1, -0.05) is 223 Å². The number of hydrogen-bond acceptors (Lipinski definition) is 5. The first kappa shape index (κ1) is 55.6. The summed E-state index contributed by atoms with van der Waals surface area (Å²) in [5, 5.41) is 0. The van der Waals surface area contributed by atoms with E-state index in [1.807, 2.05) is 0 Å². The van der Waals surface area contributed by atoms with Crippen molar-refractivity contribution in [2.75, 3.05) is 19.8 Å². The molecule has 0 aromatic carbocycles. The quantitative estimate of drug-likeness (QED) is 0.0348. The Labute approximate surface area is 360 Å². The van der Waals surface area contributed by atoms with E-state index in [1.54, 1.807) is 0 Å². The normalized spacial score (nSPS) is 12.7. The number of esters is 2. The van der Waals surface area contributed by atoms with E-state index >= 15 is 0 Å². The van der Waals surface area contributed by atoms with Gasteiger partial charge in [0.1, 0.15) is 6.61 Å². The van der Waals surface area contributed by atoms with Crippen molar-refractivity contribution in [3.8, 4) is 0 Å². The summed E-state index contributed by atoms with van der Waals surface area (Å²) in [6, 6.07) is 0. The van der Waals surface area contributed by atoms with E-state index in [1.165, 1.54) is 122 Å². The van der Waals surface area contributed by atoms with E-state index in [4.69, 9.17) is 14.2 Å². The first-order valence-corrected chi connectivity index (χ1v) is 24.8. The molecule has 1 unspecified atom stereocenters. The third kappa shape index (κ3) is 46.3. The molecule has 0 rings (SSSR count). The van der Waals surface area contributed by atoms with Crippen LogP contribution in [0, 0.1) is 0 Å². The minimum absolute atomic E-state index is 0.0707. The first-order valence-electron chi connectivity index (χ1n) is 24.8. The summed E-state index contributed by atoms with van der Waals surface area (Å²) in [6.07, 6.45) is 60.8. The van der Waals surface area contributed by atoms with E-state index in [-0.39, 0.29) is 25.2 Å². The molecule has 0 saturated carbocycles. The van der Waals surface area contributed by atoms with Gasteiger partial charge in [0.15, 0.2) is 6.10 Å². The molecule has 0 amide bonds. The molecule has 0 aromatic heterocycles. The molecule has 58 heavy (non-hydrogen) atoms. The number of unbranched alkanes of at least 4 members (excludes halogenated alkanes) is 24. The van der Waals surface area contributed by atoms with Gasteiger partial charge in [-0.25, -0.2) is 0 Å². The molecule has 0 aromatic rings. The molecule has 5 heteroatoms. The van der Waals surface area contributed by atoms with Crippen molar-refractivity contribution < 1.29 is 23.8 Å². The monoisotopic (exact) mass is 811 g/mol. The van der Waals surface area contributed by atoms with Gasteiger partial charge in [0.2, 0.25) is 0 Å². The van der Waals surface area contributed by atoms with Gasteiger partial charge in [0.25, 0.3) is 0 Å². The topological polar surface area (TPSA) is 61.8 Å². The summed E-state index contributed by atoms with van der Waals surface area (Å²) >= 11 is 0. The molecule has 0 spiro atoms. The van der Waals surface area contributed by atoms with Crippen LogP contribution in [-0.2, 0) is 23.8 Å². The fourth-order valence-electron chi connectivity index (χ4n) is 6.89. The van der Waals surface area contributed by atoms with Gasteiger partial charge in [-0.05, 0) is 64.2 Å². The first-order chi connectivity index (χ1) is 28.6. The minimum atomic E-state index is -0.545. The maximum Gasteiger partial charge on any atom is 0.306 e. The predicted octanol–water partition coefficient (Wildman–Crippen LogP) is 16.6. The van der Waals surface area contributed by atoms with Gasteiger partial charge in [-0.3, -0.25) is 9.59 Å². The summed E-state index contributed by atoms with van der Waals surface area (Å²) in [5.41, 5.74) is 0. The maximum absolute atomic E-state index is 12.7. The van der Waals surface area contributed by atoms with E-state index < -0.39 is 6.10 Å². The lowest BCUT2D eigenvalue weighted by atomic mass is 10.0. The Balaban J connectivity index is 4.26. The van der Waals surface area contributed by atoms with E-state index in [2.05, 4.69) is 81.5 Å². The average Bonchev–Trinajstić information content (AvgIpc) is 3.22. The predicted molar refractivity (Wildman–Crippen MR) is 251 cm³/mol. The molecular weight excluding hydrogens is 717 g/mol. The summed E-state index contributed by atoms with van der Waals surface area (Å²) in [7, 11) is 0. The van der Waals surface area contributed by atoms with Gasteiger partial charge in [-0.2, -0.15) is 0 Å². The SMILES string of the molecule is CC/C=C\C/C=C\C/C=C\C/C=C\C/C=C\CCCCCC(=O)OCC(COCCCCCCCCCCCC)OC(=O)CCCCCCCCCCCCCCC. The number of allylic oxidation sites excluding steroid dienone is 10. The zero-order valence-corrected chi connectivity index (χ0v) is 38.6. The smallest absolute Gasteiger partial charge is 0.306 e. The molecule has 0 N–H and O–H groups in total. The number of ether oxygens (including phenoxy) is 3. The second-order valence-electron chi connectivity index (χ2n) is 16.4. The molecule has 1 atom stereocenters. The maximum atomic E-state index is 12.7. The molecule has 0 aliphatic heterocycles. The highest BCUT2D eigenvalue weighted by atomic mass is 16.6. The van der Waals surface area contributed by atoms with Gasteiger partial charge in [0, 0.05) is 19.4 Å². The summed E-state index contributed by atoms with van der Waals surface area (Å²) in [5.74, 6) is -0.427. The fourth-order valence-corrected chi connectivity index (χ4v) is 6.89. The standard InChI is InChI=1S/C53H94O5/c1-4-7-10-13-16-19-22-24-25-26-27-28-29-31-32-34-37-40-43-46-52(54)57-50-51(49-56-48-45-42-39-36-21-18-15-12-9-6-3)58-53(55)47-44-41-38-35-33-30-23-20-17-14-11-8-5-2/h7,10,16,19,24-25,27-28,31-32,51H,4-6,8-9,11-15,17-18,20-23,26,29-30,33-50H2,1-3H3/b10-7-,19-16-,25-24-,28-27-,32-31-. The van der Waals surface area contributed by atoms with Crippen molar-refractivity contribution in [3.63, 3.8) is 0 Å². The van der Waals surface area contributed by atoms with Crippen LogP contribution >= 0.6 is 0 Å². The summed E-state index contributed by atoms with van der Waals surface area (Å²) in [4.78, 5) is 25.3. The number of carbonyl (C=O) groups is 2. The second kappa shape index (κ2) is 49.0. The molecule has 0 bridgehead atoms. The number of rotatable bonds is 45. The minimum Gasteiger partial charge on any atom is -0.462 e. The molecular formula is C53H94O5. The second-order valence-corrected chi connectivity index (χ2v) is 16.4. The average molecular weight is 811 g/mol. The van der Waals surface area contributed by atoms with Crippen LogP contribution in [0.3, 0.4) is 0 Å². The Hall–Kier alpha value is -2.40. The van der Waals surface area contributed by atoms with Gasteiger partial charge >= 0.3 is 11.9 Å². The van der Waals surface area contributed by atoms with Gasteiger partial charge in [-0.15, -0.1) is 0 Å². The molecule has 336 valence electrons. The van der Waals surface area contributed by atoms with Crippen molar-refractivity contribution in [3.05, 3.63) is 60.8 Å². The van der Waals surface area contributed by atoms with Crippen LogP contribution in [-0.4, -0.2) is 37.9 Å². The van der Waals surface area contributed by atoms with Crippen LogP contribution in [0.5, 0.6) is 0 Å². The van der Waals surface area contributed by atoms with Crippen LogP contribution < -0.4 is 0 Å². The molecule has 0 radical (unpaired) electrons. The molecule has 0 aliphatic rings. The van der Waals surface area contributed by atoms with E-state index in [9.17, 15) is 9.59 Å². The van der Waals surface area contributed by atoms with Gasteiger partial charge < -0.3 is 14.2 Å². The Bertz CT molecular complexity index is 1010. The van der Waals surface area contributed by atoms with Crippen molar-refractivity contribution in [2.45, 2.75) is 245 Å². The fraction of sp³-hybridized carbons (Fsp3) is 0.774. The lowest BCUT2D eigenvalue weighted by Gasteiger charge is -2.18. The van der Waals surface area contributed by atoms with Crippen LogP contribution in [0.15, 0.2) is 60.8 Å². The van der Waals surface area contributed by atoms with Crippen molar-refractivity contribution in [1.29, 1.82) is 0 Å². The highest BCUT2D eigenvalue weighted by Gasteiger charge is 2.17. The van der Waals surface area contributed by atoms with Crippen molar-refractivity contribution in [1.82, 2.24) is 0 Å². The highest BCUT2D eigenvalue weighted by Crippen LogP contribution is 2.15. The molecule has 0 aliphatic carbocycles. The van der Waals surface area contributed by atoms with E-state index in [0.717, 1.165) is 83.5 Å². The Morgan fingerprint density at radius 1 is 0.397 bits per heavy atom. The molecule has 0 heterocycles. The largest absolute Gasteiger partial charge is 0.462 e. The lowest BCUT2D eigenvalue weighted by Crippen LogP contribution is -2.30. The van der Waals surface area contributed by atoms with Crippen LogP contribution in [0.1, 0.15) is 239 Å². The van der Waals surface area contributed by atoms with Gasteiger partial charge in [0.05, 0.1) is 6.61 Å².